The summed E-state index contributed by atoms with van der Waals surface area (Å²) in [7, 11) is 0. The highest BCUT2D eigenvalue weighted by atomic mass is 16.2. The zero-order valence-electron chi connectivity index (χ0n) is 13.9. The second-order valence-electron chi connectivity index (χ2n) is 6.61. The second kappa shape index (κ2) is 6.63. The molecule has 1 aromatic carbocycles. The molecule has 1 saturated carbocycles. The van der Waals surface area contributed by atoms with Crippen LogP contribution in [0.15, 0.2) is 36.8 Å². The van der Waals surface area contributed by atoms with E-state index in [1.165, 1.54) is 18.6 Å². The lowest BCUT2D eigenvalue weighted by atomic mass is 10.1. The summed E-state index contributed by atoms with van der Waals surface area (Å²) in [6, 6.07) is 5.75. The first-order valence-corrected chi connectivity index (χ1v) is 8.74. The van der Waals surface area contributed by atoms with Crippen molar-refractivity contribution in [1.29, 1.82) is 0 Å². The summed E-state index contributed by atoms with van der Waals surface area (Å²) in [4.78, 5) is 34.8. The van der Waals surface area contributed by atoms with Crippen molar-refractivity contribution in [1.82, 2.24) is 9.97 Å². The SMILES string of the molecule is O=C(Nc1ccc2c(c1)N(C(=O)C1CCCC1)CC2)c1cnccn1. The number of carbonyl (C=O) groups is 2. The van der Waals surface area contributed by atoms with E-state index >= 15 is 0 Å². The highest BCUT2D eigenvalue weighted by molar-refractivity contribution is 6.03. The van der Waals surface area contributed by atoms with Crippen molar-refractivity contribution in [3.8, 4) is 0 Å². The molecule has 6 nitrogen and oxygen atoms in total. The predicted octanol–water partition coefficient (Wildman–Crippen LogP) is 2.81. The molecule has 1 aromatic heterocycles. The molecule has 2 amide bonds. The minimum absolute atomic E-state index is 0.156. The Morgan fingerprint density at radius 1 is 1.16 bits per heavy atom. The van der Waals surface area contributed by atoms with Gasteiger partial charge >= 0.3 is 0 Å². The van der Waals surface area contributed by atoms with Gasteiger partial charge in [-0.3, -0.25) is 14.6 Å². The van der Waals surface area contributed by atoms with E-state index in [4.69, 9.17) is 0 Å². The maximum Gasteiger partial charge on any atom is 0.275 e. The maximum atomic E-state index is 12.8. The summed E-state index contributed by atoms with van der Waals surface area (Å²) in [6.45, 7) is 0.728. The van der Waals surface area contributed by atoms with Gasteiger partial charge in [0.25, 0.3) is 5.91 Å². The zero-order chi connectivity index (χ0) is 17.2. The van der Waals surface area contributed by atoms with Crippen LogP contribution in [-0.4, -0.2) is 28.3 Å². The molecule has 2 heterocycles. The summed E-state index contributed by atoms with van der Waals surface area (Å²) < 4.78 is 0. The fraction of sp³-hybridized carbons (Fsp3) is 0.368. The smallest absolute Gasteiger partial charge is 0.275 e. The molecule has 0 bridgehead atoms. The normalized spacial score (nSPS) is 16.7. The first kappa shape index (κ1) is 15.7. The largest absolute Gasteiger partial charge is 0.321 e. The van der Waals surface area contributed by atoms with Crippen molar-refractivity contribution in [2.75, 3.05) is 16.8 Å². The first-order valence-electron chi connectivity index (χ1n) is 8.74. The lowest BCUT2D eigenvalue weighted by Gasteiger charge is -2.21. The number of nitrogens with zero attached hydrogens (tertiary/aromatic N) is 3. The lowest BCUT2D eigenvalue weighted by molar-refractivity contribution is -0.122. The topological polar surface area (TPSA) is 75.2 Å². The van der Waals surface area contributed by atoms with Gasteiger partial charge in [-0.05, 0) is 37.0 Å². The van der Waals surface area contributed by atoms with E-state index in [1.54, 1.807) is 0 Å². The van der Waals surface area contributed by atoms with Crippen LogP contribution in [0.1, 0.15) is 41.7 Å². The van der Waals surface area contributed by atoms with Crippen LogP contribution < -0.4 is 10.2 Å². The molecule has 6 heteroatoms. The summed E-state index contributed by atoms with van der Waals surface area (Å²) >= 11 is 0. The summed E-state index contributed by atoms with van der Waals surface area (Å²) in [5.74, 6) is 0.0807. The van der Waals surface area contributed by atoms with Gasteiger partial charge in [-0.1, -0.05) is 18.9 Å². The van der Waals surface area contributed by atoms with Crippen LogP contribution in [0.25, 0.3) is 0 Å². The number of carbonyl (C=O) groups excluding carboxylic acids is 2. The molecule has 1 fully saturated rings. The Kier molecular flexibility index (Phi) is 4.17. The minimum atomic E-state index is -0.306. The monoisotopic (exact) mass is 336 g/mol. The number of aromatic nitrogens is 2. The standard InChI is InChI=1S/C19H20N4O2/c24-18(16-12-20-8-9-21-16)22-15-6-5-13-7-10-23(17(13)11-15)19(25)14-3-1-2-4-14/h5-6,8-9,11-12,14H,1-4,7,10H2,(H,22,24). The molecule has 2 aromatic rings. The zero-order valence-corrected chi connectivity index (χ0v) is 13.9. The number of benzene rings is 1. The van der Waals surface area contributed by atoms with E-state index < -0.39 is 0 Å². The van der Waals surface area contributed by atoms with Crippen LogP contribution in [-0.2, 0) is 11.2 Å². The Hall–Kier alpha value is -2.76. The van der Waals surface area contributed by atoms with Crippen LogP contribution in [0.2, 0.25) is 0 Å². The second-order valence-corrected chi connectivity index (χ2v) is 6.61. The van der Waals surface area contributed by atoms with E-state index in [0.29, 0.717) is 5.69 Å². The van der Waals surface area contributed by atoms with Crippen LogP contribution in [0, 0.1) is 5.92 Å². The van der Waals surface area contributed by atoms with E-state index in [1.807, 2.05) is 23.1 Å². The van der Waals surface area contributed by atoms with Crippen LogP contribution in [0.3, 0.4) is 0 Å². The average Bonchev–Trinajstić information content (AvgIpc) is 3.31. The van der Waals surface area contributed by atoms with Crippen molar-refractivity contribution >= 4 is 23.2 Å². The number of amides is 2. The Morgan fingerprint density at radius 3 is 2.76 bits per heavy atom. The molecule has 0 radical (unpaired) electrons. The number of anilines is 2. The molecule has 0 saturated heterocycles. The highest BCUT2D eigenvalue weighted by Gasteiger charge is 2.32. The molecule has 0 spiro atoms. The third-order valence-corrected chi connectivity index (χ3v) is 5.00. The van der Waals surface area contributed by atoms with Gasteiger partial charge in [-0.25, -0.2) is 4.98 Å². The first-order chi connectivity index (χ1) is 12.2. The summed E-state index contributed by atoms with van der Waals surface area (Å²) in [6.07, 6.45) is 9.58. The molecule has 1 aliphatic carbocycles. The fourth-order valence-corrected chi connectivity index (χ4v) is 3.69. The van der Waals surface area contributed by atoms with Crippen molar-refractivity contribution in [2.45, 2.75) is 32.1 Å². The van der Waals surface area contributed by atoms with Gasteiger partial charge in [0, 0.05) is 36.2 Å². The summed E-state index contributed by atoms with van der Waals surface area (Å²) in [5.41, 5.74) is 3.01. The van der Waals surface area contributed by atoms with Gasteiger partial charge in [0.1, 0.15) is 5.69 Å². The van der Waals surface area contributed by atoms with E-state index in [9.17, 15) is 9.59 Å². The van der Waals surface area contributed by atoms with Gasteiger partial charge in [-0.15, -0.1) is 0 Å². The van der Waals surface area contributed by atoms with Crippen LogP contribution in [0.5, 0.6) is 0 Å². The Balaban J connectivity index is 1.54. The summed E-state index contributed by atoms with van der Waals surface area (Å²) in [5, 5.41) is 2.84. The van der Waals surface area contributed by atoms with Gasteiger partial charge < -0.3 is 10.2 Å². The van der Waals surface area contributed by atoms with Gasteiger partial charge in [0.2, 0.25) is 5.91 Å². The van der Waals surface area contributed by atoms with E-state index in [2.05, 4.69) is 15.3 Å². The average molecular weight is 336 g/mol. The third-order valence-electron chi connectivity index (χ3n) is 5.00. The quantitative estimate of drug-likeness (QED) is 0.935. The molecule has 128 valence electrons. The van der Waals surface area contributed by atoms with Crippen molar-refractivity contribution < 1.29 is 9.59 Å². The molecule has 1 N–H and O–H groups in total. The number of fused-ring (bicyclic) bond motifs is 1. The van der Waals surface area contributed by atoms with Gasteiger partial charge in [0.05, 0.1) is 6.20 Å². The molecular weight excluding hydrogens is 316 g/mol. The maximum absolute atomic E-state index is 12.8. The number of hydrogen-bond acceptors (Lipinski definition) is 4. The number of hydrogen-bond donors (Lipinski definition) is 1. The van der Waals surface area contributed by atoms with Crippen molar-refractivity contribution in [3.05, 3.63) is 48.0 Å². The Bertz CT molecular complexity index is 800. The van der Waals surface area contributed by atoms with E-state index in [-0.39, 0.29) is 23.4 Å². The lowest BCUT2D eigenvalue weighted by Crippen LogP contribution is -2.33. The molecule has 0 atom stereocenters. The minimum Gasteiger partial charge on any atom is -0.321 e. The third kappa shape index (κ3) is 3.12. The number of nitrogens with one attached hydrogen (secondary N) is 1. The van der Waals surface area contributed by atoms with Gasteiger partial charge in [0.15, 0.2) is 0 Å². The molecule has 1 aliphatic heterocycles. The van der Waals surface area contributed by atoms with Crippen LogP contribution >= 0.6 is 0 Å². The predicted molar refractivity (Wildman–Crippen MR) is 94.4 cm³/mol. The molecule has 4 rings (SSSR count). The molecular formula is C19H20N4O2. The van der Waals surface area contributed by atoms with Crippen LogP contribution in [0.4, 0.5) is 11.4 Å². The number of rotatable bonds is 3. The van der Waals surface area contributed by atoms with E-state index in [0.717, 1.165) is 49.9 Å². The fourth-order valence-electron chi connectivity index (χ4n) is 3.69. The molecule has 0 unspecified atom stereocenters. The Morgan fingerprint density at radius 2 is 2.00 bits per heavy atom. The Labute approximate surface area is 146 Å². The van der Waals surface area contributed by atoms with Crippen molar-refractivity contribution in [2.24, 2.45) is 5.92 Å². The molecule has 25 heavy (non-hydrogen) atoms. The highest BCUT2D eigenvalue weighted by Crippen LogP contribution is 2.35. The molecule has 2 aliphatic rings. The van der Waals surface area contributed by atoms with Gasteiger partial charge in [-0.2, -0.15) is 0 Å². The van der Waals surface area contributed by atoms with Crippen molar-refractivity contribution in [3.63, 3.8) is 0 Å².